The van der Waals surface area contributed by atoms with Crippen LogP contribution in [0, 0.1) is 0 Å². The maximum Gasteiger partial charge on any atom is 0.242 e. The van der Waals surface area contributed by atoms with Crippen molar-refractivity contribution in [3.05, 3.63) is 90.0 Å². The molecule has 0 unspecified atom stereocenters. The highest BCUT2D eigenvalue weighted by Crippen LogP contribution is 2.44. The lowest BCUT2D eigenvalue weighted by Crippen LogP contribution is -2.44. The van der Waals surface area contributed by atoms with Gasteiger partial charge in [-0.3, -0.25) is 0 Å². The van der Waals surface area contributed by atoms with Crippen LogP contribution in [0.1, 0.15) is 11.1 Å². The fourth-order valence-electron chi connectivity index (χ4n) is 5.46. The van der Waals surface area contributed by atoms with Crippen LogP contribution in [0.25, 0.3) is 33.5 Å². The standard InChI is InChI=1S/C33H33N9O4S2/c1-45-22-10-6-20(7-11-22)16-36-48(43,44)31-28(47-24-17-35-18-24)15-14-25(26-4-3-5-27-30(26)38-33(34)37-27)29(31)32-39-41-42(40-32)19-21-8-12-23(46-2)13-9-21/h3-15,24,35-36H,16-19H2,1-2H3,(H3,34,37,38). The summed E-state index contributed by atoms with van der Waals surface area (Å²) < 4.78 is 42.5. The van der Waals surface area contributed by atoms with Crippen molar-refractivity contribution >= 4 is 38.8 Å². The zero-order valence-electron chi connectivity index (χ0n) is 26.2. The third kappa shape index (κ3) is 6.44. The zero-order chi connectivity index (χ0) is 33.3. The topological polar surface area (TPSA) is 175 Å². The smallest absolute Gasteiger partial charge is 0.242 e. The molecule has 1 saturated heterocycles. The number of para-hydroxylation sites is 1. The molecule has 1 fully saturated rings. The van der Waals surface area contributed by atoms with Crippen molar-refractivity contribution in [1.29, 1.82) is 0 Å². The van der Waals surface area contributed by atoms with Crippen molar-refractivity contribution < 1.29 is 17.9 Å². The van der Waals surface area contributed by atoms with E-state index in [9.17, 15) is 8.42 Å². The Balaban J connectivity index is 1.38. The predicted octanol–water partition coefficient (Wildman–Crippen LogP) is 4.07. The van der Waals surface area contributed by atoms with Crippen LogP contribution in [0.4, 0.5) is 5.95 Å². The predicted molar refractivity (Wildman–Crippen MR) is 184 cm³/mol. The molecule has 1 aliphatic rings. The van der Waals surface area contributed by atoms with Crippen molar-refractivity contribution in [3.8, 4) is 34.0 Å². The molecule has 5 N–H and O–H groups in total. The molecule has 13 nitrogen and oxygen atoms in total. The molecule has 4 aromatic carbocycles. The quantitative estimate of drug-likeness (QED) is 0.146. The Kier molecular flexibility index (Phi) is 8.75. The number of aromatic nitrogens is 6. The first-order chi connectivity index (χ1) is 23.3. The molecular formula is C33H33N9O4S2. The molecule has 0 atom stereocenters. The summed E-state index contributed by atoms with van der Waals surface area (Å²) in [7, 11) is -0.958. The van der Waals surface area contributed by atoms with Crippen LogP contribution < -0.4 is 25.2 Å². The summed E-state index contributed by atoms with van der Waals surface area (Å²) in [6, 6.07) is 24.1. The molecule has 0 saturated carbocycles. The summed E-state index contributed by atoms with van der Waals surface area (Å²) in [6.07, 6.45) is 0. The zero-order valence-corrected chi connectivity index (χ0v) is 27.8. The van der Waals surface area contributed by atoms with E-state index in [0.717, 1.165) is 30.0 Å². The highest BCUT2D eigenvalue weighted by atomic mass is 32.2. The lowest BCUT2D eigenvalue weighted by atomic mass is 9.98. The fourth-order valence-corrected chi connectivity index (χ4v) is 8.36. The van der Waals surface area contributed by atoms with Gasteiger partial charge in [0.1, 0.15) is 16.4 Å². The van der Waals surface area contributed by atoms with Crippen molar-refractivity contribution in [2.24, 2.45) is 0 Å². The van der Waals surface area contributed by atoms with Gasteiger partial charge in [-0.2, -0.15) is 4.80 Å². The molecule has 2 aromatic heterocycles. The number of H-pyrrole nitrogens is 1. The lowest BCUT2D eigenvalue weighted by molar-refractivity contribution is 0.414. The SMILES string of the molecule is COc1ccc(CNS(=O)(=O)c2c(SC3CNC3)ccc(-c3cccc4[nH]c(N)nc34)c2-c2nnn(Cc3ccc(OC)cc3)n2)cc1. The van der Waals surface area contributed by atoms with Gasteiger partial charge in [-0.05, 0) is 58.3 Å². The fraction of sp³-hybridized carbons (Fsp3) is 0.212. The number of methoxy groups -OCH3 is 2. The molecule has 15 heteroatoms. The molecule has 6 aromatic rings. The molecule has 7 rings (SSSR count). The summed E-state index contributed by atoms with van der Waals surface area (Å²) >= 11 is 1.51. The molecule has 0 bridgehead atoms. The molecular weight excluding hydrogens is 651 g/mol. The monoisotopic (exact) mass is 683 g/mol. The van der Waals surface area contributed by atoms with Gasteiger partial charge in [-0.1, -0.05) is 42.5 Å². The van der Waals surface area contributed by atoms with Gasteiger partial charge in [0.25, 0.3) is 0 Å². The normalized spacial score (nSPS) is 13.5. The molecule has 246 valence electrons. The van der Waals surface area contributed by atoms with Gasteiger partial charge in [0.2, 0.25) is 15.8 Å². The minimum Gasteiger partial charge on any atom is -0.497 e. The Morgan fingerprint density at radius 2 is 1.65 bits per heavy atom. The third-order valence-corrected chi connectivity index (χ3v) is 10.9. The van der Waals surface area contributed by atoms with Gasteiger partial charge in [-0.25, -0.2) is 18.1 Å². The molecule has 0 aliphatic carbocycles. The van der Waals surface area contributed by atoms with Gasteiger partial charge in [0.15, 0.2) is 5.95 Å². The molecule has 1 aliphatic heterocycles. The minimum atomic E-state index is -4.16. The van der Waals surface area contributed by atoms with Crippen LogP contribution in [0.2, 0.25) is 0 Å². The molecule has 0 spiro atoms. The first-order valence-corrected chi connectivity index (χ1v) is 17.5. The van der Waals surface area contributed by atoms with Gasteiger partial charge in [0, 0.05) is 35.3 Å². The number of nitrogen functional groups attached to an aromatic ring is 1. The number of anilines is 1. The van der Waals surface area contributed by atoms with E-state index in [2.05, 4.69) is 30.3 Å². The Bertz CT molecular complexity index is 2180. The summed E-state index contributed by atoms with van der Waals surface area (Å²) in [5.41, 5.74) is 10.6. The number of hydrogen-bond acceptors (Lipinski definition) is 11. The van der Waals surface area contributed by atoms with Gasteiger partial charge >= 0.3 is 0 Å². The average Bonchev–Trinajstić information content (AvgIpc) is 3.71. The largest absolute Gasteiger partial charge is 0.497 e. The minimum absolute atomic E-state index is 0.0636. The molecule has 3 heterocycles. The Labute approximate surface area is 281 Å². The first-order valence-electron chi connectivity index (χ1n) is 15.1. The molecule has 0 radical (unpaired) electrons. The number of fused-ring (bicyclic) bond motifs is 1. The second kappa shape index (κ2) is 13.3. The second-order valence-corrected chi connectivity index (χ2v) is 14.2. The van der Waals surface area contributed by atoms with E-state index < -0.39 is 10.0 Å². The van der Waals surface area contributed by atoms with Crippen molar-refractivity contribution in [2.45, 2.75) is 28.1 Å². The Hall–Kier alpha value is -4.96. The number of nitrogens with two attached hydrogens (primary N) is 1. The highest BCUT2D eigenvalue weighted by molar-refractivity contribution is 8.00. The summed E-state index contributed by atoms with van der Waals surface area (Å²) in [4.78, 5) is 9.72. The van der Waals surface area contributed by atoms with E-state index >= 15 is 0 Å². The van der Waals surface area contributed by atoms with Gasteiger partial charge in [0.05, 0.1) is 37.4 Å². The second-order valence-electron chi connectivity index (χ2n) is 11.2. The molecule has 0 amide bonds. The highest BCUT2D eigenvalue weighted by Gasteiger charge is 2.32. The van der Waals surface area contributed by atoms with Crippen LogP contribution in [0.5, 0.6) is 11.5 Å². The number of nitrogens with zero attached hydrogens (tertiary/aromatic N) is 5. The molecule has 48 heavy (non-hydrogen) atoms. The number of imidazole rings is 1. The first kappa shape index (κ1) is 31.6. The number of ether oxygens (including phenoxy) is 2. The van der Waals surface area contributed by atoms with Crippen LogP contribution in [-0.2, 0) is 23.1 Å². The van der Waals surface area contributed by atoms with Gasteiger partial charge in [-0.15, -0.1) is 22.0 Å². The van der Waals surface area contributed by atoms with Crippen molar-refractivity contribution in [1.82, 2.24) is 40.2 Å². The maximum atomic E-state index is 14.5. The van der Waals surface area contributed by atoms with E-state index in [1.54, 1.807) is 26.4 Å². The van der Waals surface area contributed by atoms with Crippen LogP contribution in [-0.4, -0.2) is 71.2 Å². The van der Waals surface area contributed by atoms with E-state index in [0.29, 0.717) is 44.9 Å². The van der Waals surface area contributed by atoms with E-state index in [1.165, 1.54) is 16.6 Å². The van der Waals surface area contributed by atoms with Crippen molar-refractivity contribution in [2.75, 3.05) is 33.0 Å². The van der Waals surface area contributed by atoms with Crippen molar-refractivity contribution in [3.63, 3.8) is 0 Å². The number of aromatic amines is 1. The van der Waals surface area contributed by atoms with Crippen LogP contribution in [0.15, 0.2) is 88.7 Å². The Morgan fingerprint density at radius 3 is 2.31 bits per heavy atom. The average molecular weight is 684 g/mol. The van der Waals surface area contributed by atoms with E-state index in [1.807, 2.05) is 66.7 Å². The van der Waals surface area contributed by atoms with Crippen LogP contribution >= 0.6 is 11.8 Å². The maximum absolute atomic E-state index is 14.5. The summed E-state index contributed by atoms with van der Waals surface area (Å²) in [5, 5.41) is 17.0. The number of thioether (sulfide) groups is 1. The lowest BCUT2D eigenvalue weighted by Gasteiger charge is -2.28. The number of tetrazole rings is 1. The van der Waals surface area contributed by atoms with E-state index in [4.69, 9.17) is 20.3 Å². The Morgan fingerprint density at radius 1 is 0.938 bits per heavy atom. The number of benzene rings is 4. The van der Waals surface area contributed by atoms with E-state index in [-0.39, 0.29) is 28.5 Å². The van der Waals surface area contributed by atoms with Crippen LogP contribution in [0.3, 0.4) is 0 Å². The van der Waals surface area contributed by atoms with Gasteiger partial charge < -0.3 is 25.5 Å². The number of hydrogen-bond donors (Lipinski definition) is 4. The summed E-state index contributed by atoms with van der Waals surface area (Å²) in [6.45, 7) is 1.91. The summed E-state index contributed by atoms with van der Waals surface area (Å²) in [5.74, 6) is 1.83. The number of nitrogens with one attached hydrogen (secondary N) is 3. The number of rotatable bonds is 12. The third-order valence-electron chi connectivity index (χ3n) is 8.03. The number of sulfonamides is 1.